The second-order valence-electron chi connectivity index (χ2n) is 7.91. The Labute approximate surface area is 136 Å². The minimum absolute atomic E-state index is 0.161. The molecule has 0 atom stereocenters. The lowest BCUT2D eigenvalue weighted by Gasteiger charge is -2.53. The third-order valence-corrected chi connectivity index (χ3v) is 5.93. The van der Waals surface area contributed by atoms with Crippen LogP contribution in [0.25, 0.3) is 0 Å². The van der Waals surface area contributed by atoms with E-state index in [1.165, 1.54) is 38.5 Å². The topological polar surface area (TPSA) is 35.5 Å². The number of Topliss-reactive ketones (excluding diaryl/α,β-unsaturated/α-hetero) is 1. The zero-order chi connectivity index (χ0) is 16.1. The molecule has 128 valence electrons. The average Bonchev–Trinajstić information content (AvgIpc) is 2.54. The molecule has 0 aromatic heterocycles. The van der Waals surface area contributed by atoms with Gasteiger partial charge >= 0.3 is 0 Å². The van der Waals surface area contributed by atoms with Gasteiger partial charge in [0.05, 0.1) is 13.2 Å². The number of carbonyl (C=O) groups excluding carboxylic acids is 1. The number of ether oxygens (including phenoxy) is 2. The smallest absolute Gasteiger partial charge is 0.135 e. The summed E-state index contributed by atoms with van der Waals surface area (Å²) in [4.78, 5) is 11.6. The van der Waals surface area contributed by atoms with Crippen LogP contribution in [0.5, 0.6) is 0 Å². The molecule has 3 rings (SSSR count). The maximum atomic E-state index is 11.6. The molecule has 0 radical (unpaired) electrons. The van der Waals surface area contributed by atoms with E-state index in [1.54, 1.807) is 0 Å². The van der Waals surface area contributed by atoms with Crippen molar-refractivity contribution in [3.8, 4) is 0 Å². The van der Waals surface area contributed by atoms with E-state index in [0.29, 0.717) is 23.0 Å². The van der Waals surface area contributed by atoms with Gasteiger partial charge in [-0.2, -0.15) is 0 Å². The fourth-order valence-corrected chi connectivity index (χ4v) is 4.02. The van der Waals surface area contributed by atoms with Gasteiger partial charge in [0.25, 0.3) is 0 Å². The second-order valence-corrected chi connectivity index (χ2v) is 7.91. The Morgan fingerprint density at radius 2 is 1.45 bits per heavy atom. The Morgan fingerprint density at radius 3 is 1.91 bits per heavy atom. The maximum Gasteiger partial charge on any atom is 0.135 e. The molecule has 0 spiro atoms. The van der Waals surface area contributed by atoms with E-state index in [4.69, 9.17) is 9.47 Å². The first-order valence-corrected chi connectivity index (χ1v) is 9.19. The van der Waals surface area contributed by atoms with Crippen molar-refractivity contribution in [2.45, 2.75) is 72.1 Å². The molecule has 22 heavy (non-hydrogen) atoms. The number of ketones is 1. The van der Waals surface area contributed by atoms with Crippen molar-refractivity contribution in [3.63, 3.8) is 0 Å². The van der Waals surface area contributed by atoms with Crippen LogP contribution in [0, 0.1) is 16.7 Å². The molecule has 0 aromatic carbocycles. The van der Waals surface area contributed by atoms with Crippen LogP contribution in [0.1, 0.15) is 72.1 Å². The Hall–Kier alpha value is -0.410. The highest BCUT2D eigenvalue weighted by atomic mass is 16.5. The van der Waals surface area contributed by atoms with E-state index < -0.39 is 0 Å². The summed E-state index contributed by atoms with van der Waals surface area (Å²) in [6.45, 7) is 9.46. The summed E-state index contributed by atoms with van der Waals surface area (Å²) >= 11 is 0. The molecule has 2 bridgehead atoms. The summed E-state index contributed by atoms with van der Waals surface area (Å²) < 4.78 is 11.7. The van der Waals surface area contributed by atoms with Gasteiger partial charge in [0.15, 0.2) is 0 Å². The average molecular weight is 310 g/mol. The molecule has 3 nitrogen and oxygen atoms in total. The van der Waals surface area contributed by atoms with Gasteiger partial charge < -0.3 is 9.47 Å². The summed E-state index contributed by atoms with van der Waals surface area (Å²) in [6.07, 6.45) is 9.36. The zero-order valence-corrected chi connectivity index (χ0v) is 14.8. The summed E-state index contributed by atoms with van der Waals surface area (Å²) in [7, 11) is 0. The lowest BCUT2D eigenvalue weighted by atomic mass is 9.54. The first-order valence-electron chi connectivity index (χ1n) is 9.19. The van der Waals surface area contributed by atoms with E-state index in [9.17, 15) is 4.79 Å². The van der Waals surface area contributed by atoms with E-state index in [1.807, 2.05) is 13.8 Å². The van der Waals surface area contributed by atoms with Crippen molar-refractivity contribution >= 4 is 5.78 Å². The Bertz CT molecular complexity index is 337. The highest BCUT2D eigenvalue weighted by Gasteiger charge is 2.48. The lowest BCUT2D eigenvalue weighted by molar-refractivity contribution is -0.122. The van der Waals surface area contributed by atoms with E-state index in [-0.39, 0.29) is 5.92 Å². The second kappa shape index (κ2) is 7.92. The van der Waals surface area contributed by atoms with Crippen LogP contribution in [-0.2, 0) is 14.3 Å². The van der Waals surface area contributed by atoms with Crippen LogP contribution in [0.4, 0.5) is 0 Å². The molecule has 0 aliphatic heterocycles. The summed E-state index contributed by atoms with van der Waals surface area (Å²) in [5.74, 6) is 0.520. The van der Waals surface area contributed by atoms with E-state index in [2.05, 4.69) is 6.92 Å². The molecule has 3 saturated carbocycles. The van der Waals surface area contributed by atoms with Gasteiger partial charge in [0, 0.05) is 25.6 Å². The van der Waals surface area contributed by atoms with E-state index in [0.717, 1.165) is 32.8 Å². The number of carbonyl (C=O) groups is 1. The van der Waals surface area contributed by atoms with Gasteiger partial charge in [0.2, 0.25) is 0 Å². The maximum absolute atomic E-state index is 11.6. The van der Waals surface area contributed by atoms with Crippen molar-refractivity contribution in [1.82, 2.24) is 0 Å². The standard InChI is InChI=1S/C19H34O3/c1-4-21-14-18-7-10-19(11-8-18,12-9-18)15-22-13-5-6-17(20)16(2)3/h16H,4-15H2,1-3H3. The van der Waals surface area contributed by atoms with Crippen molar-refractivity contribution in [2.75, 3.05) is 26.4 Å². The predicted octanol–water partition coefficient (Wildman–Crippen LogP) is 4.39. The van der Waals surface area contributed by atoms with Gasteiger partial charge in [-0.15, -0.1) is 0 Å². The van der Waals surface area contributed by atoms with E-state index >= 15 is 0 Å². The Kier molecular flexibility index (Phi) is 6.46. The van der Waals surface area contributed by atoms with Gasteiger partial charge in [0.1, 0.15) is 5.78 Å². The Morgan fingerprint density at radius 1 is 0.955 bits per heavy atom. The quantitative estimate of drug-likeness (QED) is 0.562. The van der Waals surface area contributed by atoms with Crippen LogP contribution in [0.2, 0.25) is 0 Å². The molecule has 3 heteroatoms. The Balaban J connectivity index is 1.65. The summed E-state index contributed by atoms with van der Waals surface area (Å²) in [5, 5.41) is 0. The third kappa shape index (κ3) is 4.55. The molecule has 3 fully saturated rings. The predicted molar refractivity (Wildman–Crippen MR) is 89.0 cm³/mol. The zero-order valence-electron chi connectivity index (χ0n) is 14.8. The minimum atomic E-state index is 0.161. The number of fused-ring (bicyclic) bond motifs is 3. The highest BCUT2D eigenvalue weighted by molar-refractivity contribution is 5.80. The molecular formula is C19H34O3. The van der Waals surface area contributed by atoms with Gasteiger partial charge in [-0.05, 0) is 62.7 Å². The fourth-order valence-electron chi connectivity index (χ4n) is 4.02. The molecule has 3 aliphatic carbocycles. The third-order valence-electron chi connectivity index (χ3n) is 5.93. The number of hydrogen-bond donors (Lipinski definition) is 0. The highest BCUT2D eigenvalue weighted by Crippen LogP contribution is 2.56. The molecule has 3 aliphatic rings. The first-order chi connectivity index (χ1) is 10.5. The first kappa shape index (κ1) is 17.9. The SMILES string of the molecule is CCOCC12CCC(COCCCC(=O)C(C)C)(CC1)CC2. The van der Waals surface area contributed by atoms with Crippen molar-refractivity contribution in [1.29, 1.82) is 0 Å². The normalized spacial score (nSPS) is 30.9. The number of rotatable bonds is 10. The van der Waals surface area contributed by atoms with Crippen LogP contribution >= 0.6 is 0 Å². The minimum Gasteiger partial charge on any atom is -0.381 e. The van der Waals surface area contributed by atoms with Crippen molar-refractivity contribution in [2.24, 2.45) is 16.7 Å². The molecule has 0 saturated heterocycles. The van der Waals surface area contributed by atoms with Crippen LogP contribution < -0.4 is 0 Å². The summed E-state index contributed by atoms with van der Waals surface area (Å²) in [5.41, 5.74) is 0.900. The molecule has 0 heterocycles. The molecule has 0 aromatic rings. The van der Waals surface area contributed by atoms with Gasteiger partial charge in [-0.3, -0.25) is 4.79 Å². The van der Waals surface area contributed by atoms with Crippen molar-refractivity contribution in [3.05, 3.63) is 0 Å². The van der Waals surface area contributed by atoms with Gasteiger partial charge in [-0.25, -0.2) is 0 Å². The molecule has 0 unspecified atom stereocenters. The summed E-state index contributed by atoms with van der Waals surface area (Å²) in [6, 6.07) is 0. The monoisotopic (exact) mass is 310 g/mol. The largest absolute Gasteiger partial charge is 0.381 e. The lowest BCUT2D eigenvalue weighted by Crippen LogP contribution is -2.46. The number of hydrogen-bond acceptors (Lipinski definition) is 3. The van der Waals surface area contributed by atoms with Crippen molar-refractivity contribution < 1.29 is 14.3 Å². The van der Waals surface area contributed by atoms with Gasteiger partial charge in [-0.1, -0.05) is 13.8 Å². The fraction of sp³-hybridized carbons (Fsp3) is 0.947. The molecule has 0 N–H and O–H groups in total. The van der Waals surface area contributed by atoms with Crippen LogP contribution in [-0.4, -0.2) is 32.2 Å². The molecular weight excluding hydrogens is 276 g/mol. The van der Waals surface area contributed by atoms with Crippen LogP contribution in [0.3, 0.4) is 0 Å². The van der Waals surface area contributed by atoms with Crippen LogP contribution in [0.15, 0.2) is 0 Å². The molecule has 0 amide bonds.